The van der Waals surface area contributed by atoms with Crippen LogP contribution < -0.4 is 10.1 Å². The van der Waals surface area contributed by atoms with Crippen LogP contribution in [0.3, 0.4) is 0 Å². The summed E-state index contributed by atoms with van der Waals surface area (Å²) in [5, 5.41) is 3.50. The Morgan fingerprint density at radius 3 is 2.52 bits per heavy atom. The minimum Gasteiger partial charge on any atom is -0.483 e. The van der Waals surface area contributed by atoms with E-state index in [1.54, 1.807) is 6.07 Å². The van der Waals surface area contributed by atoms with E-state index in [1.807, 2.05) is 42.5 Å². The van der Waals surface area contributed by atoms with Crippen molar-refractivity contribution in [1.82, 2.24) is 4.98 Å². The maximum absolute atomic E-state index is 12.2. The van der Waals surface area contributed by atoms with Gasteiger partial charge in [0.2, 0.25) is 0 Å². The Kier molecular flexibility index (Phi) is 5.66. The number of para-hydroxylation sites is 1. The maximum Gasteiger partial charge on any atom is 0.356 e. The Hall–Kier alpha value is -3.41. The van der Waals surface area contributed by atoms with Gasteiger partial charge < -0.3 is 14.8 Å². The largest absolute Gasteiger partial charge is 0.483 e. The Bertz CT molecular complexity index is 968. The summed E-state index contributed by atoms with van der Waals surface area (Å²) in [5.74, 6) is -0.455. The second-order valence-electron chi connectivity index (χ2n) is 5.90. The topological polar surface area (TPSA) is 77.5 Å². The smallest absolute Gasteiger partial charge is 0.356 e. The first-order valence-electron chi connectivity index (χ1n) is 8.60. The van der Waals surface area contributed by atoms with E-state index < -0.39 is 5.97 Å². The molecular weight excluding hydrogens is 344 g/mol. The minimum atomic E-state index is -0.564. The van der Waals surface area contributed by atoms with Crippen molar-refractivity contribution >= 4 is 28.5 Å². The number of amides is 1. The number of pyridine rings is 1. The SMILES string of the molecule is CCc1ccc(NC(=O)COc2cc(C(=O)OC)nc3ccccc23)cc1. The minimum absolute atomic E-state index is 0.127. The van der Waals surface area contributed by atoms with Crippen LogP contribution in [0, 0.1) is 0 Å². The lowest BCUT2D eigenvalue weighted by Crippen LogP contribution is -2.20. The summed E-state index contributed by atoms with van der Waals surface area (Å²) in [4.78, 5) is 28.3. The average Bonchev–Trinajstić information content (AvgIpc) is 2.71. The number of esters is 1. The summed E-state index contributed by atoms with van der Waals surface area (Å²) >= 11 is 0. The molecular formula is C21H20N2O4. The first-order chi connectivity index (χ1) is 13.1. The summed E-state index contributed by atoms with van der Waals surface area (Å²) in [7, 11) is 1.29. The monoisotopic (exact) mass is 364 g/mol. The number of nitrogens with zero attached hydrogens (tertiary/aromatic N) is 1. The fourth-order valence-corrected chi connectivity index (χ4v) is 2.64. The van der Waals surface area contributed by atoms with Crippen LogP contribution in [0.2, 0.25) is 0 Å². The van der Waals surface area contributed by atoms with Crippen LogP contribution >= 0.6 is 0 Å². The zero-order chi connectivity index (χ0) is 19.2. The van der Waals surface area contributed by atoms with E-state index in [4.69, 9.17) is 9.47 Å². The highest BCUT2D eigenvalue weighted by Gasteiger charge is 2.14. The van der Waals surface area contributed by atoms with Crippen LogP contribution in [0.4, 0.5) is 5.69 Å². The standard InChI is InChI=1S/C21H20N2O4/c1-3-14-8-10-15(11-9-14)22-20(24)13-27-19-12-18(21(25)26-2)23-17-7-5-4-6-16(17)19/h4-12H,3,13H2,1-2H3,(H,22,24). The number of benzene rings is 2. The number of anilines is 1. The second kappa shape index (κ2) is 8.31. The van der Waals surface area contributed by atoms with Gasteiger partial charge in [-0.1, -0.05) is 31.2 Å². The molecule has 0 saturated heterocycles. The van der Waals surface area contributed by atoms with E-state index >= 15 is 0 Å². The van der Waals surface area contributed by atoms with Crippen LogP contribution in [-0.2, 0) is 16.0 Å². The predicted octanol–water partition coefficient (Wildman–Crippen LogP) is 3.60. The molecule has 0 unspecified atom stereocenters. The van der Waals surface area contributed by atoms with Crippen LogP contribution in [0.5, 0.6) is 5.75 Å². The Balaban J connectivity index is 1.75. The summed E-state index contributed by atoms with van der Waals surface area (Å²) < 4.78 is 10.4. The molecule has 1 heterocycles. The molecule has 0 aliphatic rings. The van der Waals surface area contributed by atoms with Gasteiger partial charge in [-0.25, -0.2) is 9.78 Å². The van der Waals surface area contributed by atoms with Gasteiger partial charge in [0.15, 0.2) is 12.3 Å². The predicted molar refractivity (Wildman–Crippen MR) is 103 cm³/mol. The first-order valence-corrected chi connectivity index (χ1v) is 8.60. The lowest BCUT2D eigenvalue weighted by molar-refractivity contribution is -0.118. The molecule has 2 aromatic carbocycles. The van der Waals surface area contributed by atoms with Crippen molar-refractivity contribution in [2.24, 2.45) is 0 Å². The van der Waals surface area contributed by atoms with Gasteiger partial charge in [-0.15, -0.1) is 0 Å². The molecule has 1 amide bonds. The van der Waals surface area contributed by atoms with Gasteiger partial charge in [0.1, 0.15) is 5.75 Å². The van der Waals surface area contributed by atoms with Gasteiger partial charge in [0.25, 0.3) is 5.91 Å². The molecule has 1 aromatic heterocycles. The van der Waals surface area contributed by atoms with Gasteiger partial charge >= 0.3 is 5.97 Å². The van der Waals surface area contributed by atoms with Crippen LogP contribution in [0.25, 0.3) is 10.9 Å². The number of hydrogen-bond acceptors (Lipinski definition) is 5. The lowest BCUT2D eigenvalue weighted by Gasteiger charge is -2.11. The normalized spacial score (nSPS) is 10.4. The van der Waals surface area contributed by atoms with Crippen molar-refractivity contribution in [1.29, 1.82) is 0 Å². The number of carbonyl (C=O) groups is 2. The third-order valence-corrected chi connectivity index (χ3v) is 4.08. The number of aryl methyl sites for hydroxylation is 1. The number of aromatic nitrogens is 1. The number of fused-ring (bicyclic) bond motifs is 1. The molecule has 0 bridgehead atoms. The third kappa shape index (κ3) is 4.41. The zero-order valence-corrected chi connectivity index (χ0v) is 15.2. The molecule has 0 radical (unpaired) electrons. The quantitative estimate of drug-likeness (QED) is 0.676. The van der Waals surface area contributed by atoms with Gasteiger partial charge in [0, 0.05) is 17.1 Å². The van der Waals surface area contributed by atoms with Crippen molar-refractivity contribution in [3.8, 4) is 5.75 Å². The zero-order valence-electron chi connectivity index (χ0n) is 15.2. The van der Waals surface area contributed by atoms with Crippen molar-refractivity contribution < 1.29 is 19.1 Å². The molecule has 138 valence electrons. The summed E-state index contributed by atoms with van der Waals surface area (Å²) in [6.45, 7) is 1.88. The highest BCUT2D eigenvalue weighted by Crippen LogP contribution is 2.25. The summed E-state index contributed by atoms with van der Waals surface area (Å²) in [5.41, 5.74) is 2.62. The molecule has 0 aliphatic carbocycles. The molecule has 1 N–H and O–H groups in total. The third-order valence-electron chi connectivity index (χ3n) is 4.08. The van der Waals surface area contributed by atoms with E-state index in [1.165, 1.54) is 18.7 Å². The molecule has 6 heteroatoms. The maximum atomic E-state index is 12.2. The van der Waals surface area contributed by atoms with Crippen LogP contribution in [0.1, 0.15) is 23.0 Å². The Morgan fingerprint density at radius 1 is 1.07 bits per heavy atom. The van der Waals surface area contributed by atoms with Crippen molar-refractivity contribution in [2.45, 2.75) is 13.3 Å². The number of hydrogen-bond donors (Lipinski definition) is 1. The molecule has 0 saturated carbocycles. The number of carbonyl (C=O) groups excluding carboxylic acids is 2. The van der Waals surface area contributed by atoms with Gasteiger partial charge in [-0.3, -0.25) is 4.79 Å². The fourth-order valence-electron chi connectivity index (χ4n) is 2.64. The molecule has 6 nitrogen and oxygen atoms in total. The van der Waals surface area contributed by atoms with Crippen molar-refractivity contribution in [3.63, 3.8) is 0 Å². The molecule has 3 rings (SSSR count). The van der Waals surface area contributed by atoms with E-state index in [0.29, 0.717) is 22.3 Å². The molecule has 0 spiro atoms. The van der Waals surface area contributed by atoms with Crippen LogP contribution in [-0.4, -0.2) is 30.6 Å². The molecule has 0 atom stereocenters. The fraction of sp³-hybridized carbons (Fsp3) is 0.190. The average molecular weight is 364 g/mol. The lowest BCUT2D eigenvalue weighted by atomic mass is 10.1. The van der Waals surface area contributed by atoms with Crippen molar-refractivity contribution in [3.05, 3.63) is 65.9 Å². The Labute approximate surface area is 157 Å². The second-order valence-corrected chi connectivity index (χ2v) is 5.90. The highest BCUT2D eigenvalue weighted by atomic mass is 16.5. The van der Waals surface area contributed by atoms with Gasteiger partial charge in [-0.05, 0) is 36.2 Å². The van der Waals surface area contributed by atoms with Crippen LogP contribution in [0.15, 0.2) is 54.6 Å². The Morgan fingerprint density at radius 2 is 1.81 bits per heavy atom. The van der Waals surface area contributed by atoms with Crippen molar-refractivity contribution in [2.75, 3.05) is 19.0 Å². The van der Waals surface area contributed by atoms with E-state index in [-0.39, 0.29) is 18.2 Å². The van der Waals surface area contributed by atoms with E-state index in [0.717, 1.165) is 6.42 Å². The number of rotatable bonds is 6. The molecule has 3 aromatic rings. The number of ether oxygens (including phenoxy) is 2. The molecule has 0 aliphatic heterocycles. The van der Waals surface area contributed by atoms with Gasteiger partial charge in [-0.2, -0.15) is 0 Å². The first kappa shape index (κ1) is 18.4. The van der Waals surface area contributed by atoms with E-state index in [9.17, 15) is 9.59 Å². The number of methoxy groups -OCH3 is 1. The molecule has 0 fully saturated rings. The molecule has 27 heavy (non-hydrogen) atoms. The summed E-state index contributed by atoms with van der Waals surface area (Å²) in [6, 6.07) is 16.4. The van der Waals surface area contributed by atoms with Gasteiger partial charge in [0.05, 0.1) is 12.6 Å². The highest BCUT2D eigenvalue weighted by molar-refractivity contribution is 5.95. The van der Waals surface area contributed by atoms with E-state index in [2.05, 4.69) is 17.2 Å². The summed E-state index contributed by atoms with van der Waals surface area (Å²) in [6.07, 6.45) is 0.939. The number of nitrogens with one attached hydrogen (secondary N) is 1.